The van der Waals surface area contributed by atoms with Gasteiger partial charge < -0.3 is 9.47 Å². The van der Waals surface area contributed by atoms with Crippen LogP contribution in [0, 0.1) is 13.8 Å². The van der Waals surface area contributed by atoms with Crippen LogP contribution in [0.2, 0.25) is 0 Å². The molecule has 0 amide bonds. The number of rotatable bonds is 8. The van der Waals surface area contributed by atoms with Gasteiger partial charge in [0.15, 0.2) is 11.0 Å². The summed E-state index contributed by atoms with van der Waals surface area (Å²) in [6, 6.07) is 12.2. The topological polar surface area (TPSA) is 49.2 Å². The molecule has 0 spiro atoms. The van der Waals surface area contributed by atoms with Crippen molar-refractivity contribution in [1.82, 2.24) is 14.8 Å². The van der Waals surface area contributed by atoms with Gasteiger partial charge in [0.25, 0.3) is 0 Å². The van der Waals surface area contributed by atoms with Gasteiger partial charge in [-0.15, -0.1) is 16.8 Å². The first-order chi connectivity index (χ1) is 13.5. The highest BCUT2D eigenvalue weighted by atomic mass is 32.2. The van der Waals surface area contributed by atoms with Gasteiger partial charge in [-0.2, -0.15) is 0 Å². The normalized spacial score (nSPS) is 10.7. The summed E-state index contributed by atoms with van der Waals surface area (Å²) < 4.78 is 12.9. The molecule has 0 atom stereocenters. The van der Waals surface area contributed by atoms with Crippen LogP contribution in [0.1, 0.15) is 16.7 Å². The molecule has 0 aliphatic rings. The number of ether oxygens (including phenoxy) is 2. The number of aryl methyl sites for hydroxylation is 2. The van der Waals surface area contributed by atoms with Crippen molar-refractivity contribution < 1.29 is 9.47 Å². The Morgan fingerprint density at radius 3 is 2.39 bits per heavy atom. The fraction of sp³-hybridized carbons (Fsp3) is 0.273. The van der Waals surface area contributed by atoms with Gasteiger partial charge in [-0.3, -0.25) is 4.57 Å². The number of allylic oxidation sites excluding steroid dienone is 1. The van der Waals surface area contributed by atoms with E-state index in [1.807, 2.05) is 24.3 Å². The van der Waals surface area contributed by atoms with E-state index in [1.54, 1.807) is 26.0 Å². The number of hydrogen-bond donors (Lipinski definition) is 0. The lowest BCUT2D eigenvalue weighted by Gasteiger charge is -2.11. The molecule has 0 saturated heterocycles. The Balaban J connectivity index is 1.94. The second kappa shape index (κ2) is 8.97. The Kier molecular flexibility index (Phi) is 6.41. The van der Waals surface area contributed by atoms with Crippen molar-refractivity contribution in [2.24, 2.45) is 0 Å². The average Bonchev–Trinajstić information content (AvgIpc) is 3.11. The van der Waals surface area contributed by atoms with Crippen molar-refractivity contribution in [2.75, 3.05) is 14.2 Å². The molecule has 5 nitrogen and oxygen atoms in total. The molecular formula is C22H25N3O2S. The monoisotopic (exact) mass is 395 g/mol. The summed E-state index contributed by atoms with van der Waals surface area (Å²) in [7, 11) is 3.27. The Bertz CT molecular complexity index is 960. The minimum atomic E-state index is 0.622. The third-order valence-corrected chi connectivity index (χ3v) is 5.52. The molecule has 1 aromatic heterocycles. The van der Waals surface area contributed by atoms with E-state index in [0.717, 1.165) is 22.3 Å². The van der Waals surface area contributed by atoms with Gasteiger partial charge in [-0.05, 0) is 37.1 Å². The molecule has 0 saturated carbocycles. The molecule has 6 heteroatoms. The molecule has 0 unspecified atom stereocenters. The second-order valence-corrected chi connectivity index (χ2v) is 7.47. The third-order valence-electron chi connectivity index (χ3n) is 4.50. The van der Waals surface area contributed by atoms with Crippen LogP contribution in [0.5, 0.6) is 11.5 Å². The maximum absolute atomic E-state index is 5.39. The lowest BCUT2D eigenvalue weighted by molar-refractivity contribution is 0.394. The number of methoxy groups -OCH3 is 2. The number of hydrogen-bond acceptors (Lipinski definition) is 5. The van der Waals surface area contributed by atoms with Crippen LogP contribution < -0.4 is 9.47 Å². The first-order valence-electron chi connectivity index (χ1n) is 9.02. The summed E-state index contributed by atoms with van der Waals surface area (Å²) in [5.41, 5.74) is 4.75. The molecule has 0 aliphatic heterocycles. The van der Waals surface area contributed by atoms with E-state index in [4.69, 9.17) is 9.47 Å². The molecule has 146 valence electrons. The molecule has 3 rings (SSSR count). The zero-order chi connectivity index (χ0) is 20.1. The average molecular weight is 396 g/mol. The third kappa shape index (κ3) is 4.39. The Morgan fingerprint density at radius 2 is 1.75 bits per heavy atom. The van der Waals surface area contributed by atoms with Crippen LogP contribution in [0.15, 0.2) is 54.2 Å². The predicted molar refractivity (Wildman–Crippen MR) is 114 cm³/mol. The van der Waals surface area contributed by atoms with Gasteiger partial charge in [0.05, 0.1) is 14.2 Å². The SMILES string of the molecule is C=CCn1c(SCc2cc(C)ccc2C)nnc1-c1cc(OC)cc(OC)c1. The zero-order valence-corrected chi connectivity index (χ0v) is 17.5. The van der Waals surface area contributed by atoms with Crippen molar-refractivity contribution in [2.45, 2.75) is 31.3 Å². The number of thioether (sulfide) groups is 1. The smallest absolute Gasteiger partial charge is 0.192 e. The highest BCUT2D eigenvalue weighted by Gasteiger charge is 2.16. The molecule has 0 aliphatic carbocycles. The highest BCUT2D eigenvalue weighted by Crippen LogP contribution is 2.32. The van der Waals surface area contributed by atoms with E-state index in [2.05, 4.69) is 53.4 Å². The van der Waals surface area contributed by atoms with Crippen molar-refractivity contribution in [3.8, 4) is 22.9 Å². The summed E-state index contributed by atoms with van der Waals surface area (Å²) >= 11 is 1.68. The molecular weight excluding hydrogens is 370 g/mol. The van der Waals surface area contributed by atoms with Crippen molar-refractivity contribution in [3.05, 3.63) is 65.7 Å². The van der Waals surface area contributed by atoms with E-state index in [-0.39, 0.29) is 0 Å². The van der Waals surface area contributed by atoms with Crippen LogP contribution >= 0.6 is 11.8 Å². The minimum absolute atomic E-state index is 0.622. The van der Waals surface area contributed by atoms with E-state index in [1.165, 1.54) is 16.7 Å². The molecule has 0 radical (unpaired) electrons. The van der Waals surface area contributed by atoms with Gasteiger partial charge in [0, 0.05) is 23.9 Å². The summed E-state index contributed by atoms with van der Waals surface area (Å²) in [5, 5.41) is 9.74. The lowest BCUT2D eigenvalue weighted by atomic mass is 10.1. The summed E-state index contributed by atoms with van der Waals surface area (Å²) in [6.45, 7) is 8.76. The van der Waals surface area contributed by atoms with Crippen molar-refractivity contribution >= 4 is 11.8 Å². The Morgan fingerprint density at radius 1 is 1.04 bits per heavy atom. The quantitative estimate of drug-likeness (QED) is 0.394. The van der Waals surface area contributed by atoms with Crippen molar-refractivity contribution in [3.63, 3.8) is 0 Å². The van der Waals surface area contributed by atoms with Crippen molar-refractivity contribution in [1.29, 1.82) is 0 Å². The lowest BCUT2D eigenvalue weighted by Crippen LogP contribution is -2.01. The van der Waals surface area contributed by atoms with Crippen LogP contribution in [0.25, 0.3) is 11.4 Å². The van der Waals surface area contributed by atoms with Gasteiger partial charge >= 0.3 is 0 Å². The minimum Gasteiger partial charge on any atom is -0.497 e. The molecule has 0 bridgehead atoms. The largest absolute Gasteiger partial charge is 0.497 e. The molecule has 0 N–H and O–H groups in total. The van der Waals surface area contributed by atoms with Crippen LogP contribution in [0.3, 0.4) is 0 Å². The van der Waals surface area contributed by atoms with Gasteiger partial charge in [-0.1, -0.05) is 41.6 Å². The molecule has 28 heavy (non-hydrogen) atoms. The molecule has 2 aromatic carbocycles. The summed E-state index contributed by atoms with van der Waals surface area (Å²) in [4.78, 5) is 0. The Labute approximate surface area is 170 Å². The van der Waals surface area contributed by atoms with E-state index in [0.29, 0.717) is 18.0 Å². The molecule has 3 aromatic rings. The summed E-state index contributed by atoms with van der Waals surface area (Å²) in [5.74, 6) is 3.03. The Hall–Kier alpha value is -2.73. The van der Waals surface area contributed by atoms with Gasteiger partial charge in [0.1, 0.15) is 11.5 Å². The molecule has 1 heterocycles. The second-order valence-electron chi connectivity index (χ2n) is 6.53. The maximum Gasteiger partial charge on any atom is 0.192 e. The maximum atomic E-state index is 5.39. The predicted octanol–water partition coefficient (Wildman–Crippen LogP) is 5.06. The van der Waals surface area contributed by atoms with Crippen LogP contribution in [-0.2, 0) is 12.3 Å². The standard InChI is InChI=1S/C22H25N3O2S/c1-6-9-25-21(17-11-19(26-4)13-20(12-17)27-5)23-24-22(25)28-14-18-10-15(2)7-8-16(18)3/h6-8,10-13H,1,9,14H2,2-5H3. The zero-order valence-electron chi connectivity index (χ0n) is 16.7. The van der Waals surface area contributed by atoms with E-state index in [9.17, 15) is 0 Å². The first-order valence-corrected chi connectivity index (χ1v) is 10.0. The number of aromatic nitrogens is 3. The number of nitrogens with zero attached hydrogens (tertiary/aromatic N) is 3. The van der Waals surface area contributed by atoms with Crippen LogP contribution in [0.4, 0.5) is 0 Å². The first kappa shape index (κ1) is 20.0. The van der Waals surface area contributed by atoms with Gasteiger partial charge in [-0.25, -0.2) is 0 Å². The van der Waals surface area contributed by atoms with Crippen LogP contribution in [-0.4, -0.2) is 29.0 Å². The van der Waals surface area contributed by atoms with E-state index < -0.39 is 0 Å². The fourth-order valence-corrected chi connectivity index (χ4v) is 3.95. The molecule has 0 fully saturated rings. The fourth-order valence-electron chi connectivity index (χ4n) is 2.94. The number of benzene rings is 2. The van der Waals surface area contributed by atoms with Gasteiger partial charge in [0.2, 0.25) is 0 Å². The summed E-state index contributed by atoms with van der Waals surface area (Å²) in [6.07, 6.45) is 1.85. The van der Waals surface area contributed by atoms with E-state index >= 15 is 0 Å². The highest BCUT2D eigenvalue weighted by molar-refractivity contribution is 7.98.